The molecule has 0 saturated carbocycles. The second-order valence-corrected chi connectivity index (χ2v) is 4.60. The zero-order chi connectivity index (χ0) is 14.1. The van der Waals surface area contributed by atoms with E-state index >= 15 is 0 Å². The first-order valence-corrected chi connectivity index (χ1v) is 6.53. The van der Waals surface area contributed by atoms with Crippen molar-refractivity contribution in [2.24, 2.45) is 0 Å². The third-order valence-electron chi connectivity index (χ3n) is 3.26. The lowest BCUT2D eigenvalue weighted by Crippen LogP contribution is -2.39. The number of benzene rings is 1. The highest BCUT2D eigenvalue weighted by atomic mass is 16.5. The third-order valence-corrected chi connectivity index (χ3v) is 3.26. The Morgan fingerprint density at radius 1 is 1.35 bits per heavy atom. The number of aryl methyl sites for hydroxylation is 1. The predicted octanol–water partition coefficient (Wildman–Crippen LogP) is 1.97. The Hall–Kier alpha value is -2.50. The molecule has 0 saturated heterocycles. The average molecular weight is 272 g/mol. The van der Waals surface area contributed by atoms with Crippen molar-refractivity contribution in [3.05, 3.63) is 41.5 Å². The van der Waals surface area contributed by atoms with Crippen molar-refractivity contribution in [1.29, 1.82) is 0 Å². The number of anilines is 1. The number of carbonyl (C=O) groups excluding carboxylic acids is 1. The molecule has 0 aliphatic carbocycles. The van der Waals surface area contributed by atoms with E-state index in [0.29, 0.717) is 17.9 Å². The van der Waals surface area contributed by atoms with Crippen LogP contribution in [0.5, 0.6) is 5.75 Å². The number of hydrogen-bond acceptors (Lipinski definition) is 4. The minimum atomic E-state index is -0.320. The van der Waals surface area contributed by atoms with Gasteiger partial charge in [-0.25, -0.2) is 4.98 Å². The molecule has 3 N–H and O–H groups in total. The molecule has 20 heavy (non-hydrogen) atoms. The van der Waals surface area contributed by atoms with Gasteiger partial charge in [0.1, 0.15) is 17.6 Å². The van der Waals surface area contributed by atoms with Gasteiger partial charge < -0.3 is 20.4 Å². The fourth-order valence-corrected chi connectivity index (χ4v) is 2.29. The number of ether oxygens (including phenoxy) is 1. The molecule has 1 aromatic heterocycles. The smallest absolute Gasteiger partial charge is 0.255 e. The second-order valence-electron chi connectivity index (χ2n) is 4.60. The molecule has 1 aromatic carbocycles. The summed E-state index contributed by atoms with van der Waals surface area (Å²) in [6.07, 6.45) is 1.30. The van der Waals surface area contributed by atoms with Gasteiger partial charge in [-0.05, 0) is 32.0 Å². The molecule has 0 radical (unpaired) electrons. The summed E-state index contributed by atoms with van der Waals surface area (Å²) in [5, 5.41) is 6.17. The Morgan fingerprint density at radius 3 is 2.90 bits per heavy atom. The van der Waals surface area contributed by atoms with Crippen molar-refractivity contribution in [3.8, 4) is 5.75 Å². The number of aromatic nitrogens is 2. The molecule has 0 fully saturated rings. The van der Waals surface area contributed by atoms with Crippen LogP contribution in [0.1, 0.15) is 34.8 Å². The van der Waals surface area contributed by atoms with Gasteiger partial charge >= 0.3 is 0 Å². The average Bonchev–Trinajstić information content (AvgIpc) is 2.86. The van der Waals surface area contributed by atoms with Crippen molar-refractivity contribution in [3.63, 3.8) is 0 Å². The highest BCUT2D eigenvalue weighted by molar-refractivity contribution is 6.02. The molecular formula is C14H16N4O2. The summed E-state index contributed by atoms with van der Waals surface area (Å²) in [6, 6.07) is 5.45. The van der Waals surface area contributed by atoms with Crippen LogP contribution in [-0.2, 0) is 0 Å². The topological polar surface area (TPSA) is 79.0 Å². The van der Waals surface area contributed by atoms with Crippen LogP contribution in [0.15, 0.2) is 24.5 Å². The summed E-state index contributed by atoms with van der Waals surface area (Å²) in [5.74, 6) is 0.560. The van der Waals surface area contributed by atoms with Crippen LogP contribution in [-0.4, -0.2) is 22.5 Å². The van der Waals surface area contributed by atoms with E-state index in [0.717, 1.165) is 17.1 Å². The maximum atomic E-state index is 12.2. The number of aromatic amines is 1. The molecular weight excluding hydrogens is 256 g/mol. The number of nitrogens with zero attached hydrogens (tertiary/aromatic N) is 1. The number of H-pyrrole nitrogens is 1. The normalized spacial score (nSPS) is 17.1. The molecule has 2 heterocycles. The first-order valence-electron chi connectivity index (χ1n) is 6.53. The molecule has 6 heteroatoms. The van der Waals surface area contributed by atoms with Crippen LogP contribution in [0.4, 0.5) is 5.69 Å². The van der Waals surface area contributed by atoms with Crippen molar-refractivity contribution in [2.75, 3.05) is 11.9 Å². The SMILES string of the molecule is CCOc1ccc2c(c1)C(=O)N[C@@H](c1nc[nH]c1C)N2. The van der Waals surface area contributed by atoms with Crippen LogP contribution in [0.25, 0.3) is 0 Å². The predicted molar refractivity (Wildman–Crippen MR) is 74.8 cm³/mol. The van der Waals surface area contributed by atoms with Crippen molar-refractivity contribution in [2.45, 2.75) is 20.0 Å². The Balaban J connectivity index is 1.92. The molecule has 6 nitrogen and oxygen atoms in total. The molecule has 3 rings (SSSR count). The number of hydrogen-bond donors (Lipinski definition) is 3. The van der Waals surface area contributed by atoms with E-state index in [9.17, 15) is 4.79 Å². The fraction of sp³-hybridized carbons (Fsp3) is 0.286. The molecule has 1 amide bonds. The van der Waals surface area contributed by atoms with Gasteiger partial charge in [-0.1, -0.05) is 0 Å². The number of fused-ring (bicyclic) bond motifs is 1. The molecule has 0 bridgehead atoms. The molecule has 1 aliphatic rings. The van der Waals surface area contributed by atoms with Gasteiger partial charge in [0, 0.05) is 11.4 Å². The Labute approximate surface area is 116 Å². The summed E-state index contributed by atoms with van der Waals surface area (Å²) < 4.78 is 5.41. The minimum absolute atomic E-state index is 0.132. The van der Waals surface area contributed by atoms with E-state index in [4.69, 9.17) is 4.74 Å². The van der Waals surface area contributed by atoms with Crippen molar-refractivity contribution in [1.82, 2.24) is 15.3 Å². The van der Waals surface area contributed by atoms with Gasteiger partial charge in [-0.15, -0.1) is 0 Å². The van der Waals surface area contributed by atoms with E-state index in [-0.39, 0.29) is 12.1 Å². The van der Waals surface area contributed by atoms with Gasteiger partial charge in [0.05, 0.1) is 18.5 Å². The summed E-state index contributed by atoms with van der Waals surface area (Å²) in [4.78, 5) is 19.5. The van der Waals surface area contributed by atoms with Gasteiger partial charge in [0.25, 0.3) is 5.91 Å². The highest BCUT2D eigenvalue weighted by Gasteiger charge is 2.27. The van der Waals surface area contributed by atoms with E-state index in [1.54, 1.807) is 12.4 Å². The monoisotopic (exact) mass is 272 g/mol. The molecule has 2 aromatic rings. The number of nitrogens with one attached hydrogen (secondary N) is 3. The Morgan fingerprint density at radius 2 is 2.20 bits per heavy atom. The van der Waals surface area contributed by atoms with Gasteiger partial charge in [-0.3, -0.25) is 4.79 Å². The zero-order valence-corrected chi connectivity index (χ0v) is 11.4. The lowest BCUT2D eigenvalue weighted by molar-refractivity contribution is 0.0934. The van der Waals surface area contributed by atoms with Crippen molar-refractivity contribution < 1.29 is 9.53 Å². The Bertz CT molecular complexity index is 650. The van der Waals surface area contributed by atoms with Crippen LogP contribution >= 0.6 is 0 Å². The van der Waals surface area contributed by atoms with Crippen LogP contribution in [0.3, 0.4) is 0 Å². The lowest BCUT2D eigenvalue weighted by atomic mass is 10.1. The first-order chi connectivity index (χ1) is 9.69. The summed E-state index contributed by atoms with van der Waals surface area (Å²) in [7, 11) is 0. The summed E-state index contributed by atoms with van der Waals surface area (Å²) >= 11 is 0. The maximum Gasteiger partial charge on any atom is 0.255 e. The van der Waals surface area contributed by atoms with E-state index in [1.165, 1.54) is 0 Å². The van der Waals surface area contributed by atoms with Gasteiger partial charge in [0.15, 0.2) is 0 Å². The number of carbonyl (C=O) groups is 1. The Kier molecular flexibility index (Phi) is 3.06. The van der Waals surface area contributed by atoms with Crippen LogP contribution < -0.4 is 15.4 Å². The van der Waals surface area contributed by atoms with Crippen molar-refractivity contribution >= 4 is 11.6 Å². The number of imidazole rings is 1. The van der Waals surface area contributed by atoms with E-state index in [2.05, 4.69) is 20.6 Å². The molecule has 0 unspecified atom stereocenters. The number of amides is 1. The molecule has 1 aliphatic heterocycles. The summed E-state index contributed by atoms with van der Waals surface area (Å²) in [6.45, 7) is 4.40. The quantitative estimate of drug-likeness (QED) is 0.798. The van der Waals surface area contributed by atoms with Crippen LogP contribution in [0.2, 0.25) is 0 Å². The van der Waals surface area contributed by atoms with Crippen LogP contribution in [0, 0.1) is 6.92 Å². The lowest BCUT2D eigenvalue weighted by Gasteiger charge is -2.27. The maximum absolute atomic E-state index is 12.2. The fourth-order valence-electron chi connectivity index (χ4n) is 2.29. The summed E-state index contributed by atoms with van der Waals surface area (Å²) in [5.41, 5.74) is 3.08. The minimum Gasteiger partial charge on any atom is -0.494 e. The second kappa shape index (κ2) is 4.88. The van der Waals surface area contributed by atoms with Gasteiger partial charge in [0.2, 0.25) is 0 Å². The molecule has 1 atom stereocenters. The molecule has 0 spiro atoms. The highest BCUT2D eigenvalue weighted by Crippen LogP contribution is 2.29. The third kappa shape index (κ3) is 2.09. The first kappa shape index (κ1) is 12.5. The van der Waals surface area contributed by atoms with Gasteiger partial charge in [-0.2, -0.15) is 0 Å². The molecule has 104 valence electrons. The largest absolute Gasteiger partial charge is 0.494 e. The van der Waals surface area contributed by atoms with E-state index < -0.39 is 0 Å². The standard InChI is InChI=1S/C14H16N4O2/c1-3-20-9-4-5-11-10(6-9)14(19)18-13(17-11)12-8(2)15-7-16-12/h4-7,13,17H,3H2,1-2H3,(H,15,16)(H,18,19)/t13-/m0/s1. The number of rotatable bonds is 3. The zero-order valence-electron chi connectivity index (χ0n) is 11.4. The van der Waals surface area contributed by atoms with E-state index in [1.807, 2.05) is 26.0 Å².